The van der Waals surface area contributed by atoms with E-state index in [0.717, 1.165) is 32.5 Å². The van der Waals surface area contributed by atoms with Crippen LogP contribution in [-0.4, -0.2) is 29.2 Å². The van der Waals surface area contributed by atoms with Gasteiger partial charge >= 0.3 is 0 Å². The lowest BCUT2D eigenvalue weighted by Crippen LogP contribution is -2.32. The van der Waals surface area contributed by atoms with E-state index in [4.69, 9.17) is 0 Å². The fourth-order valence-electron chi connectivity index (χ4n) is 2.51. The molecule has 2 heterocycles. The minimum atomic E-state index is 0.0361. The summed E-state index contributed by atoms with van der Waals surface area (Å²) in [6.07, 6.45) is 8.13. The van der Waals surface area contributed by atoms with Crippen molar-refractivity contribution in [2.75, 3.05) is 25.0 Å². The molecule has 1 aromatic heterocycles. The number of piperidine rings is 1. The largest absolute Gasteiger partial charge is 0.365 e. The first-order valence-electron chi connectivity index (χ1n) is 6.86. The molecule has 2 fully saturated rings. The highest BCUT2D eigenvalue weighted by molar-refractivity contribution is 5.31. The van der Waals surface area contributed by atoms with Crippen molar-refractivity contribution < 1.29 is 0 Å². The second-order valence-electron chi connectivity index (χ2n) is 5.29. The minimum absolute atomic E-state index is 0.0361. The average Bonchev–Trinajstić information content (AvgIpc) is 3.23. The first-order chi connectivity index (χ1) is 8.84. The SMILES string of the molecule is O=c1c(NCC2CCNCC2)nccn1C1CC1. The fourth-order valence-corrected chi connectivity index (χ4v) is 2.51. The van der Waals surface area contributed by atoms with E-state index < -0.39 is 0 Å². The van der Waals surface area contributed by atoms with Crippen molar-refractivity contribution in [2.45, 2.75) is 31.7 Å². The summed E-state index contributed by atoms with van der Waals surface area (Å²) < 4.78 is 1.82. The third-order valence-electron chi connectivity index (χ3n) is 3.83. The quantitative estimate of drug-likeness (QED) is 0.834. The van der Waals surface area contributed by atoms with Gasteiger partial charge in [-0.3, -0.25) is 4.79 Å². The van der Waals surface area contributed by atoms with Crippen molar-refractivity contribution in [1.82, 2.24) is 14.9 Å². The van der Waals surface area contributed by atoms with Gasteiger partial charge in [-0.15, -0.1) is 0 Å². The van der Waals surface area contributed by atoms with Crippen LogP contribution in [-0.2, 0) is 0 Å². The predicted octanol–water partition coefficient (Wildman–Crippen LogP) is 0.990. The molecule has 0 radical (unpaired) electrons. The van der Waals surface area contributed by atoms with Crippen LogP contribution in [0.1, 0.15) is 31.7 Å². The minimum Gasteiger partial charge on any atom is -0.365 e. The van der Waals surface area contributed by atoms with Crippen LogP contribution in [0.15, 0.2) is 17.2 Å². The maximum absolute atomic E-state index is 12.1. The van der Waals surface area contributed by atoms with Gasteiger partial charge in [-0.1, -0.05) is 0 Å². The van der Waals surface area contributed by atoms with E-state index in [1.54, 1.807) is 12.4 Å². The van der Waals surface area contributed by atoms with E-state index in [1.165, 1.54) is 12.8 Å². The number of nitrogens with zero attached hydrogens (tertiary/aromatic N) is 2. The van der Waals surface area contributed by atoms with E-state index in [0.29, 0.717) is 17.8 Å². The zero-order chi connectivity index (χ0) is 12.4. The predicted molar refractivity (Wildman–Crippen MR) is 70.9 cm³/mol. The molecule has 0 bridgehead atoms. The third kappa shape index (κ3) is 2.56. The summed E-state index contributed by atoms with van der Waals surface area (Å²) in [6, 6.07) is 0.417. The molecule has 2 aliphatic rings. The number of aromatic nitrogens is 2. The van der Waals surface area contributed by atoms with Gasteiger partial charge in [0.1, 0.15) is 0 Å². The van der Waals surface area contributed by atoms with Crippen LogP contribution < -0.4 is 16.2 Å². The molecule has 98 valence electrons. The van der Waals surface area contributed by atoms with E-state index in [1.807, 2.05) is 4.57 Å². The Labute approximate surface area is 107 Å². The van der Waals surface area contributed by atoms with Gasteiger partial charge < -0.3 is 15.2 Å². The van der Waals surface area contributed by atoms with Crippen molar-refractivity contribution in [3.8, 4) is 0 Å². The first kappa shape index (κ1) is 11.7. The molecule has 0 atom stereocenters. The monoisotopic (exact) mass is 248 g/mol. The molecule has 0 aromatic carbocycles. The van der Waals surface area contributed by atoms with Crippen LogP contribution in [0.3, 0.4) is 0 Å². The molecule has 0 spiro atoms. The number of anilines is 1. The Balaban J connectivity index is 1.65. The number of hydrogen-bond acceptors (Lipinski definition) is 4. The summed E-state index contributed by atoms with van der Waals surface area (Å²) in [6.45, 7) is 3.03. The molecule has 18 heavy (non-hydrogen) atoms. The van der Waals surface area contributed by atoms with Crippen LogP contribution in [0, 0.1) is 5.92 Å². The molecular weight excluding hydrogens is 228 g/mol. The van der Waals surface area contributed by atoms with E-state index in [9.17, 15) is 4.79 Å². The summed E-state index contributed by atoms with van der Waals surface area (Å²) in [5.41, 5.74) is 0.0361. The fraction of sp³-hybridized carbons (Fsp3) is 0.692. The van der Waals surface area contributed by atoms with Crippen LogP contribution in [0.2, 0.25) is 0 Å². The Hall–Kier alpha value is -1.36. The molecule has 1 saturated heterocycles. The van der Waals surface area contributed by atoms with Crippen molar-refractivity contribution >= 4 is 5.82 Å². The zero-order valence-electron chi connectivity index (χ0n) is 10.6. The van der Waals surface area contributed by atoms with Gasteiger partial charge in [-0.25, -0.2) is 4.98 Å². The zero-order valence-corrected chi connectivity index (χ0v) is 10.6. The van der Waals surface area contributed by atoms with Gasteiger partial charge in [0.25, 0.3) is 5.56 Å². The maximum atomic E-state index is 12.1. The molecule has 5 heteroatoms. The highest BCUT2D eigenvalue weighted by atomic mass is 16.1. The Morgan fingerprint density at radius 1 is 1.33 bits per heavy atom. The third-order valence-corrected chi connectivity index (χ3v) is 3.83. The van der Waals surface area contributed by atoms with Gasteiger partial charge in [0, 0.05) is 25.0 Å². The Morgan fingerprint density at radius 2 is 2.11 bits per heavy atom. The topological polar surface area (TPSA) is 59.0 Å². The maximum Gasteiger partial charge on any atom is 0.293 e. The van der Waals surface area contributed by atoms with Crippen molar-refractivity contribution in [1.29, 1.82) is 0 Å². The normalized spacial score (nSPS) is 20.9. The van der Waals surface area contributed by atoms with E-state index >= 15 is 0 Å². The van der Waals surface area contributed by atoms with Crippen LogP contribution in [0.5, 0.6) is 0 Å². The lowest BCUT2D eigenvalue weighted by molar-refractivity contribution is 0.389. The number of hydrogen-bond donors (Lipinski definition) is 2. The van der Waals surface area contributed by atoms with Crippen LogP contribution in [0.25, 0.3) is 0 Å². The van der Waals surface area contributed by atoms with Crippen molar-refractivity contribution in [3.63, 3.8) is 0 Å². The Kier molecular flexibility index (Phi) is 3.32. The smallest absolute Gasteiger partial charge is 0.293 e. The van der Waals surface area contributed by atoms with Gasteiger partial charge in [-0.2, -0.15) is 0 Å². The lowest BCUT2D eigenvalue weighted by atomic mass is 9.98. The number of nitrogens with one attached hydrogen (secondary N) is 2. The molecule has 2 N–H and O–H groups in total. The van der Waals surface area contributed by atoms with Crippen LogP contribution >= 0.6 is 0 Å². The molecule has 5 nitrogen and oxygen atoms in total. The lowest BCUT2D eigenvalue weighted by Gasteiger charge is -2.22. The second kappa shape index (κ2) is 5.10. The Bertz CT molecular complexity index is 460. The van der Waals surface area contributed by atoms with Gasteiger partial charge in [0.2, 0.25) is 0 Å². The van der Waals surface area contributed by atoms with Gasteiger partial charge in [-0.05, 0) is 44.7 Å². The molecule has 1 aliphatic carbocycles. The first-order valence-corrected chi connectivity index (χ1v) is 6.86. The molecule has 1 aliphatic heterocycles. The summed E-state index contributed by atoms with van der Waals surface area (Å²) in [7, 11) is 0. The second-order valence-corrected chi connectivity index (χ2v) is 5.29. The van der Waals surface area contributed by atoms with Crippen LogP contribution in [0.4, 0.5) is 5.82 Å². The number of rotatable bonds is 4. The molecule has 0 unspecified atom stereocenters. The summed E-state index contributed by atoms with van der Waals surface area (Å²) >= 11 is 0. The molecular formula is C13H20N4O. The average molecular weight is 248 g/mol. The summed E-state index contributed by atoms with van der Waals surface area (Å²) in [5.74, 6) is 1.17. The highest BCUT2D eigenvalue weighted by Crippen LogP contribution is 2.33. The molecule has 1 aromatic rings. The van der Waals surface area contributed by atoms with Gasteiger partial charge in [0.15, 0.2) is 5.82 Å². The molecule has 3 rings (SSSR count). The highest BCUT2D eigenvalue weighted by Gasteiger charge is 2.25. The standard InChI is InChI=1S/C13H20N4O/c18-13-12(15-7-8-17(13)11-1-2-11)16-9-10-3-5-14-6-4-10/h7-8,10-11,14H,1-6,9H2,(H,15,16). The summed E-state index contributed by atoms with van der Waals surface area (Å²) in [4.78, 5) is 16.3. The molecule has 0 amide bonds. The van der Waals surface area contributed by atoms with Gasteiger partial charge in [0.05, 0.1) is 0 Å². The molecule has 1 saturated carbocycles. The van der Waals surface area contributed by atoms with Crippen molar-refractivity contribution in [2.24, 2.45) is 5.92 Å². The van der Waals surface area contributed by atoms with E-state index in [-0.39, 0.29) is 5.56 Å². The van der Waals surface area contributed by atoms with E-state index in [2.05, 4.69) is 15.6 Å². The Morgan fingerprint density at radius 3 is 2.83 bits per heavy atom. The van der Waals surface area contributed by atoms with Crippen molar-refractivity contribution in [3.05, 3.63) is 22.7 Å². The summed E-state index contributed by atoms with van der Waals surface area (Å²) in [5, 5.41) is 6.58.